The third-order valence-corrected chi connectivity index (χ3v) is 9.20. The number of phosphoric acid groups is 1. The number of phosphoric ester groups is 1. The van der Waals surface area contributed by atoms with Gasteiger partial charge < -0.3 is 20.1 Å². The van der Waals surface area contributed by atoms with Crippen molar-refractivity contribution in [3.05, 3.63) is 48.6 Å². The summed E-state index contributed by atoms with van der Waals surface area (Å²) < 4.78 is 32.6. The molecule has 0 bridgehead atoms. The van der Waals surface area contributed by atoms with E-state index in [1.807, 2.05) is 0 Å². The molecule has 2 atom stereocenters. The Morgan fingerprint density at radius 3 is 1.55 bits per heavy atom. The second-order valence-electron chi connectivity index (χ2n) is 13.2. The van der Waals surface area contributed by atoms with Crippen molar-refractivity contribution in [3.8, 4) is 0 Å². The van der Waals surface area contributed by atoms with Gasteiger partial charge in [0.05, 0.1) is 13.2 Å². The Bertz CT molecular complexity index is 981. The Balaban J connectivity index is 4.26. The first kappa shape index (κ1) is 49.0. The third kappa shape index (κ3) is 37.5. The van der Waals surface area contributed by atoms with E-state index in [1.54, 1.807) is 0 Å². The number of hydrogen-bond donors (Lipinski definition) is 2. The number of ether oxygens (including phenoxy) is 2. The van der Waals surface area contributed by atoms with Gasteiger partial charge in [-0.15, -0.1) is 0 Å². The van der Waals surface area contributed by atoms with E-state index in [4.69, 9.17) is 24.3 Å². The first-order valence-electron chi connectivity index (χ1n) is 20.1. The van der Waals surface area contributed by atoms with Gasteiger partial charge in [0.1, 0.15) is 6.61 Å². The molecule has 0 amide bonds. The van der Waals surface area contributed by atoms with Crippen LogP contribution in [0.25, 0.3) is 0 Å². The van der Waals surface area contributed by atoms with Gasteiger partial charge in [-0.3, -0.25) is 18.6 Å². The molecule has 1 unspecified atom stereocenters. The molecule has 0 saturated carbocycles. The Morgan fingerprint density at radius 1 is 0.588 bits per heavy atom. The zero-order valence-corrected chi connectivity index (χ0v) is 33.2. The van der Waals surface area contributed by atoms with E-state index in [9.17, 15) is 19.0 Å². The van der Waals surface area contributed by atoms with Crippen LogP contribution in [0.4, 0.5) is 0 Å². The molecule has 3 N–H and O–H groups in total. The molecule has 51 heavy (non-hydrogen) atoms. The van der Waals surface area contributed by atoms with Crippen molar-refractivity contribution in [1.29, 1.82) is 0 Å². The largest absolute Gasteiger partial charge is 0.472 e. The molecule has 0 aliphatic heterocycles. The maximum Gasteiger partial charge on any atom is 0.472 e. The van der Waals surface area contributed by atoms with Crippen LogP contribution in [0, 0.1) is 0 Å². The molecular formula is C41H74NO8P. The number of hydrogen-bond acceptors (Lipinski definition) is 8. The Labute approximate surface area is 311 Å². The summed E-state index contributed by atoms with van der Waals surface area (Å²) in [6.07, 6.45) is 41.4. The van der Waals surface area contributed by atoms with Crippen LogP contribution in [-0.2, 0) is 32.7 Å². The van der Waals surface area contributed by atoms with Crippen LogP contribution in [-0.4, -0.2) is 49.3 Å². The molecule has 9 nitrogen and oxygen atoms in total. The van der Waals surface area contributed by atoms with Gasteiger partial charge in [0.15, 0.2) is 6.10 Å². The Hall–Kier alpha value is -2.03. The number of carbonyl (C=O) groups excluding carboxylic acids is 2. The van der Waals surface area contributed by atoms with E-state index in [1.165, 1.54) is 77.0 Å². The number of rotatable bonds is 37. The van der Waals surface area contributed by atoms with Gasteiger partial charge in [-0.05, 0) is 57.8 Å². The van der Waals surface area contributed by atoms with Crippen molar-refractivity contribution in [1.82, 2.24) is 0 Å². The molecule has 0 rings (SSSR count). The number of unbranched alkanes of at least 4 members (excludes halogenated alkanes) is 16. The fourth-order valence-corrected chi connectivity index (χ4v) is 5.97. The fourth-order valence-electron chi connectivity index (χ4n) is 5.20. The molecule has 0 aromatic heterocycles. The topological polar surface area (TPSA) is 134 Å². The molecule has 0 aliphatic rings. The summed E-state index contributed by atoms with van der Waals surface area (Å²) in [5.41, 5.74) is 5.33. The van der Waals surface area contributed by atoms with Crippen LogP contribution in [0.3, 0.4) is 0 Å². The molecule has 0 heterocycles. The van der Waals surface area contributed by atoms with Crippen LogP contribution >= 0.6 is 7.82 Å². The highest BCUT2D eigenvalue weighted by molar-refractivity contribution is 7.47. The predicted molar refractivity (Wildman–Crippen MR) is 210 cm³/mol. The molecule has 10 heteroatoms. The lowest BCUT2D eigenvalue weighted by atomic mass is 10.1. The van der Waals surface area contributed by atoms with Gasteiger partial charge in [0, 0.05) is 19.4 Å². The summed E-state index contributed by atoms with van der Waals surface area (Å²) in [7, 11) is -4.38. The average Bonchev–Trinajstić information content (AvgIpc) is 3.11. The summed E-state index contributed by atoms with van der Waals surface area (Å²) in [6, 6.07) is 0. The third-order valence-electron chi connectivity index (χ3n) is 8.22. The normalized spacial score (nSPS) is 13.9. The first-order valence-corrected chi connectivity index (χ1v) is 21.6. The van der Waals surface area contributed by atoms with Crippen LogP contribution in [0.2, 0.25) is 0 Å². The molecule has 0 fully saturated rings. The van der Waals surface area contributed by atoms with Gasteiger partial charge >= 0.3 is 19.8 Å². The van der Waals surface area contributed by atoms with E-state index in [0.717, 1.165) is 57.8 Å². The highest BCUT2D eigenvalue weighted by atomic mass is 31.2. The average molecular weight is 740 g/mol. The molecule has 0 aliphatic carbocycles. The van der Waals surface area contributed by atoms with Crippen molar-refractivity contribution >= 4 is 19.8 Å². The zero-order chi connectivity index (χ0) is 37.5. The highest BCUT2D eigenvalue weighted by Crippen LogP contribution is 2.43. The highest BCUT2D eigenvalue weighted by Gasteiger charge is 2.25. The standard InChI is InChI=1S/C41H74NO8P/c1-3-5-7-9-11-13-15-16-17-18-19-20-21-22-24-26-28-30-32-34-41(44)50-39(38-49-51(45,46)48-36-35-42)37-47-40(43)33-31-29-27-25-23-14-12-10-8-6-4-2/h11,13,16-17,19-20,22,24,39H,3-10,12,14-15,18,21,23,25-38,42H2,1-2H3,(H,45,46)/b13-11+,17-16+,20-19+,24-22+/t39-/m1/s1. The maximum absolute atomic E-state index is 12.5. The number of carbonyl (C=O) groups is 2. The van der Waals surface area contributed by atoms with Crippen LogP contribution < -0.4 is 5.73 Å². The fraction of sp³-hybridized carbons (Fsp3) is 0.756. The van der Waals surface area contributed by atoms with E-state index in [-0.39, 0.29) is 32.6 Å². The van der Waals surface area contributed by atoms with Gasteiger partial charge in [-0.2, -0.15) is 0 Å². The van der Waals surface area contributed by atoms with Gasteiger partial charge in [-0.1, -0.05) is 146 Å². The smallest absolute Gasteiger partial charge is 0.462 e. The van der Waals surface area contributed by atoms with Crippen LogP contribution in [0.5, 0.6) is 0 Å². The van der Waals surface area contributed by atoms with Crippen LogP contribution in [0.15, 0.2) is 48.6 Å². The summed E-state index contributed by atoms with van der Waals surface area (Å²) in [5, 5.41) is 0. The van der Waals surface area contributed by atoms with Crippen molar-refractivity contribution < 1.29 is 37.6 Å². The van der Waals surface area contributed by atoms with Crippen LogP contribution in [0.1, 0.15) is 168 Å². The second kappa shape index (κ2) is 37.7. The molecule has 296 valence electrons. The zero-order valence-electron chi connectivity index (χ0n) is 32.3. The number of esters is 2. The van der Waals surface area contributed by atoms with Gasteiger partial charge in [-0.25, -0.2) is 4.57 Å². The van der Waals surface area contributed by atoms with Gasteiger partial charge in [0.2, 0.25) is 0 Å². The predicted octanol–water partition coefficient (Wildman–Crippen LogP) is 11.2. The van der Waals surface area contributed by atoms with Crippen molar-refractivity contribution in [3.63, 3.8) is 0 Å². The monoisotopic (exact) mass is 740 g/mol. The van der Waals surface area contributed by atoms with E-state index in [0.29, 0.717) is 6.42 Å². The number of allylic oxidation sites excluding steroid dienone is 8. The molecule has 0 radical (unpaired) electrons. The minimum absolute atomic E-state index is 0.0470. The Kier molecular flexibility index (Phi) is 36.2. The molecule has 0 aromatic carbocycles. The quantitative estimate of drug-likeness (QED) is 0.0276. The lowest BCUT2D eigenvalue weighted by molar-refractivity contribution is -0.161. The van der Waals surface area contributed by atoms with Crippen molar-refractivity contribution in [2.45, 2.75) is 174 Å². The summed E-state index contributed by atoms with van der Waals surface area (Å²) in [5.74, 6) is -0.867. The molecular weight excluding hydrogens is 665 g/mol. The molecule has 0 spiro atoms. The Morgan fingerprint density at radius 2 is 1.02 bits per heavy atom. The van der Waals surface area contributed by atoms with E-state index >= 15 is 0 Å². The van der Waals surface area contributed by atoms with Crippen molar-refractivity contribution in [2.75, 3.05) is 26.4 Å². The maximum atomic E-state index is 12.5. The van der Waals surface area contributed by atoms with E-state index < -0.39 is 32.5 Å². The first-order chi connectivity index (χ1) is 24.8. The summed E-state index contributed by atoms with van der Waals surface area (Å²) in [6.45, 7) is 3.64. The van der Waals surface area contributed by atoms with Gasteiger partial charge in [0.25, 0.3) is 0 Å². The minimum Gasteiger partial charge on any atom is -0.462 e. The van der Waals surface area contributed by atoms with E-state index in [2.05, 4.69) is 62.5 Å². The number of nitrogens with two attached hydrogens (primary N) is 1. The second-order valence-corrected chi connectivity index (χ2v) is 14.6. The summed E-state index contributed by atoms with van der Waals surface area (Å²) in [4.78, 5) is 34.7. The summed E-state index contributed by atoms with van der Waals surface area (Å²) >= 11 is 0. The lowest BCUT2D eigenvalue weighted by Gasteiger charge is -2.19. The minimum atomic E-state index is -4.38. The SMILES string of the molecule is CCCCC/C=C/C/C=C/C/C=C/C/C=C/CCCCCC(=O)O[C@H](COC(=O)CCCCCCCCCCCCC)COP(=O)(O)OCCN. The lowest BCUT2D eigenvalue weighted by Crippen LogP contribution is -2.29. The molecule has 0 aromatic rings. The van der Waals surface area contributed by atoms with Crippen molar-refractivity contribution in [2.24, 2.45) is 5.73 Å². The molecule has 0 saturated heterocycles.